The molecule has 4 aliphatic rings. The van der Waals surface area contributed by atoms with Crippen molar-refractivity contribution in [2.24, 2.45) is 46.3 Å². The molecule has 0 radical (unpaired) electrons. The number of ketones is 1. The number of Topliss-reactive ketones (excluding diaryl/α,β-unsaturated/α-hetero) is 1. The number of halogens is 1. The fraction of sp³-hybridized carbons (Fsp3) is 0.867. The molecule has 4 aliphatic carbocycles. The van der Waals surface area contributed by atoms with Crippen molar-refractivity contribution in [3.63, 3.8) is 0 Å². The largest absolute Gasteiger partial charge is 0.466 e. The van der Waals surface area contributed by atoms with Crippen LogP contribution in [0.2, 0.25) is 0 Å². The molecule has 38 heavy (non-hydrogen) atoms. The maximum absolute atomic E-state index is 14.1. The Morgan fingerprint density at radius 1 is 1.00 bits per heavy atom. The van der Waals surface area contributed by atoms with Gasteiger partial charge in [-0.25, -0.2) is 0 Å². The van der Waals surface area contributed by atoms with Crippen molar-refractivity contribution in [2.45, 2.75) is 110 Å². The van der Waals surface area contributed by atoms with E-state index in [-0.39, 0.29) is 87.1 Å². The highest BCUT2D eigenvalue weighted by Gasteiger charge is 2.68. The van der Waals surface area contributed by atoms with E-state index in [2.05, 4.69) is 36.7 Å². The highest BCUT2D eigenvalue weighted by atomic mass is 79.9. The summed E-state index contributed by atoms with van der Waals surface area (Å²) in [6, 6.07) is 0. The van der Waals surface area contributed by atoms with Gasteiger partial charge in [0.25, 0.3) is 0 Å². The first-order chi connectivity index (χ1) is 17.8. The molecule has 4 rings (SSSR count). The quantitative estimate of drug-likeness (QED) is 0.213. The summed E-state index contributed by atoms with van der Waals surface area (Å²) in [6.45, 7) is 11.9. The molecule has 214 valence electrons. The summed E-state index contributed by atoms with van der Waals surface area (Å²) in [6.07, 6.45) is 5.56. The zero-order valence-electron chi connectivity index (χ0n) is 23.8. The smallest absolute Gasteiger partial charge is 0.305 e. The molecule has 8 heteroatoms. The van der Waals surface area contributed by atoms with Gasteiger partial charge in [-0.3, -0.25) is 19.2 Å². The van der Waals surface area contributed by atoms with Crippen LogP contribution in [0, 0.1) is 46.3 Å². The minimum atomic E-state index is -0.332. The molecule has 0 aromatic heterocycles. The summed E-state index contributed by atoms with van der Waals surface area (Å²) in [5.74, 6) is 0.235. The molecule has 0 aromatic rings. The van der Waals surface area contributed by atoms with E-state index < -0.39 is 0 Å². The van der Waals surface area contributed by atoms with E-state index >= 15 is 0 Å². The number of ether oxygens (including phenoxy) is 3. The van der Waals surface area contributed by atoms with E-state index in [0.29, 0.717) is 25.9 Å². The third-order valence-electron chi connectivity index (χ3n) is 11.0. The highest BCUT2D eigenvalue weighted by molar-refractivity contribution is 9.10. The summed E-state index contributed by atoms with van der Waals surface area (Å²) >= 11 is 3.83. The monoisotopic (exact) mass is 596 g/mol. The molecule has 7 nitrogen and oxygen atoms in total. The molecule has 0 spiro atoms. The normalized spacial score (nSPS) is 42.8. The number of carbonyl (C=O) groups excluding carboxylic acids is 4. The molecule has 0 saturated heterocycles. The summed E-state index contributed by atoms with van der Waals surface area (Å²) in [7, 11) is 0. The number of hydrogen-bond donors (Lipinski definition) is 0. The summed E-state index contributed by atoms with van der Waals surface area (Å²) < 4.78 is 16.9. The van der Waals surface area contributed by atoms with Gasteiger partial charge in [0.05, 0.1) is 11.4 Å². The zero-order chi connectivity index (χ0) is 28.0. The second kappa shape index (κ2) is 11.2. The van der Waals surface area contributed by atoms with Crippen molar-refractivity contribution in [3.05, 3.63) is 0 Å². The zero-order valence-corrected chi connectivity index (χ0v) is 25.4. The molecule has 4 saturated carbocycles. The van der Waals surface area contributed by atoms with Gasteiger partial charge < -0.3 is 14.2 Å². The minimum absolute atomic E-state index is 0.0670. The molecular formula is C30H45BrO7. The van der Waals surface area contributed by atoms with Crippen molar-refractivity contribution in [1.82, 2.24) is 0 Å². The SMILES string of the molecule is CCOC(=O)CC[C@H](C)[C@H]1CC[C@H]2[C@@H]3C(=O)[C@H](Br)[C@@H]4C[C@H](OC(C)=O)CC[C@]4(C)[C@H]3C[C@H](OC(C)=O)[C@]12C. The number of fused-ring (bicyclic) bond motifs is 5. The molecule has 4 fully saturated rings. The first-order valence-electron chi connectivity index (χ1n) is 14.5. The van der Waals surface area contributed by atoms with Gasteiger partial charge in [-0.2, -0.15) is 0 Å². The van der Waals surface area contributed by atoms with Crippen LogP contribution in [-0.2, 0) is 33.4 Å². The van der Waals surface area contributed by atoms with Gasteiger partial charge in [0.2, 0.25) is 0 Å². The van der Waals surface area contributed by atoms with Crippen LogP contribution < -0.4 is 0 Å². The lowest BCUT2D eigenvalue weighted by Gasteiger charge is -2.63. The molecule has 0 amide bonds. The van der Waals surface area contributed by atoms with Gasteiger partial charge in [-0.05, 0) is 86.9 Å². The molecule has 0 N–H and O–H groups in total. The Kier molecular flexibility index (Phi) is 8.71. The van der Waals surface area contributed by atoms with Crippen molar-refractivity contribution < 1.29 is 33.4 Å². The fourth-order valence-corrected chi connectivity index (χ4v) is 10.4. The van der Waals surface area contributed by atoms with E-state index in [1.165, 1.54) is 13.8 Å². The lowest BCUT2D eigenvalue weighted by Crippen LogP contribution is -2.64. The fourth-order valence-electron chi connectivity index (χ4n) is 9.31. The standard InChI is InChI=1S/C30H45BrO7/c1-7-36-25(34)11-8-16(2)20-9-10-21-26-22(15-24(30(20,21)6)38-18(4)33)29(5)13-12-19(37-17(3)32)14-23(29)27(31)28(26)35/h16,19-24,26-27H,7-15H2,1-6H3/t16-,19+,20+,21-,22-,23-,24-,26-,27+,29+,30+/m0/s1. The Morgan fingerprint density at radius 3 is 2.32 bits per heavy atom. The Balaban J connectivity index is 1.64. The van der Waals surface area contributed by atoms with Crippen LogP contribution in [-0.4, -0.2) is 47.3 Å². The van der Waals surface area contributed by atoms with Crippen LogP contribution >= 0.6 is 15.9 Å². The topological polar surface area (TPSA) is 96.0 Å². The Morgan fingerprint density at radius 2 is 1.68 bits per heavy atom. The van der Waals surface area contributed by atoms with Gasteiger partial charge >= 0.3 is 17.9 Å². The summed E-state index contributed by atoms with van der Waals surface area (Å²) in [5.41, 5.74) is -0.446. The molecule has 0 aliphatic heterocycles. The van der Waals surface area contributed by atoms with Gasteiger partial charge in [0.1, 0.15) is 18.0 Å². The maximum atomic E-state index is 14.1. The average Bonchev–Trinajstić information content (AvgIpc) is 3.20. The number of hydrogen-bond acceptors (Lipinski definition) is 7. The summed E-state index contributed by atoms with van der Waals surface area (Å²) in [5, 5.41) is 0. The van der Waals surface area contributed by atoms with E-state index in [0.717, 1.165) is 32.1 Å². The van der Waals surface area contributed by atoms with Crippen LogP contribution in [0.3, 0.4) is 0 Å². The predicted octanol–water partition coefficient (Wildman–Crippen LogP) is 5.65. The van der Waals surface area contributed by atoms with Gasteiger partial charge in [0.15, 0.2) is 0 Å². The Hall–Kier alpha value is -1.44. The third kappa shape index (κ3) is 5.08. The summed E-state index contributed by atoms with van der Waals surface area (Å²) in [4.78, 5) is 50.0. The van der Waals surface area contributed by atoms with Crippen LogP contribution in [0.1, 0.15) is 92.9 Å². The second-order valence-electron chi connectivity index (χ2n) is 12.9. The maximum Gasteiger partial charge on any atom is 0.305 e. The van der Waals surface area contributed by atoms with E-state index in [9.17, 15) is 19.2 Å². The molecule has 0 bridgehead atoms. The van der Waals surface area contributed by atoms with E-state index in [1.54, 1.807) is 0 Å². The molecule has 0 unspecified atom stereocenters. The highest BCUT2D eigenvalue weighted by Crippen LogP contribution is 2.68. The molecule has 0 heterocycles. The van der Waals surface area contributed by atoms with Crippen molar-refractivity contribution in [1.29, 1.82) is 0 Å². The van der Waals surface area contributed by atoms with Crippen molar-refractivity contribution in [2.75, 3.05) is 6.61 Å². The van der Waals surface area contributed by atoms with Gasteiger partial charge in [0, 0.05) is 31.6 Å². The minimum Gasteiger partial charge on any atom is -0.466 e. The number of esters is 3. The lowest BCUT2D eigenvalue weighted by molar-refractivity contribution is -0.196. The van der Waals surface area contributed by atoms with Crippen LogP contribution in [0.25, 0.3) is 0 Å². The molecule has 0 aromatic carbocycles. The Labute approximate surface area is 235 Å². The second-order valence-corrected chi connectivity index (χ2v) is 13.9. The average molecular weight is 598 g/mol. The van der Waals surface area contributed by atoms with Crippen molar-refractivity contribution >= 4 is 39.6 Å². The van der Waals surface area contributed by atoms with Crippen molar-refractivity contribution in [3.8, 4) is 0 Å². The van der Waals surface area contributed by atoms with E-state index in [4.69, 9.17) is 14.2 Å². The Bertz CT molecular complexity index is 951. The number of carbonyl (C=O) groups is 4. The molecular weight excluding hydrogens is 552 g/mol. The predicted molar refractivity (Wildman–Crippen MR) is 145 cm³/mol. The molecule has 11 atom stereocenters. The number of rotatable bonds is 7. The van der Waals surface area contributed by atoms with Crippen LogP contribution in [0.15, 0.2) is 0 Å². The van der Waals surface area contributed by atoms with Crippen LogP contribution in [0.4, 0.5) is 0 Å². The first kappa shape index (κ1) is 29.5. The van der Waals surface area contributed by atoms with Gasteiger partial charge in [-0.1, -0.05) is 36.7 Å². The van der Waals surface area contributed by atoms with Gasteiger partial charge in [-0.15, -0.1) is 0 Å². The lowest BCUT2D eigenvalue weighted by atomic mass is 9.43. The first-order valence-corrected chi connectivity index (χ1v) is 15.4. The van der Waals surface area contributed by atoms with Crippen LogP contribution in [0.5, 0.6) is 0 Å². The van der Waals surface area contributed by atoms with E-state index in [1.807, 2.05) is 6.92 Å². The number of alkyl halides is 1. The third-order valence-corrected chi connectivity index (χ3v) is 12.1.